The molecule has 0 saturated heterocycles. The van der Waals surface area contributed by atoms with Crippen LogP contribution in [0.25, 0.3) is 0 Å². The van der Waals surface area contributed by atoms with Gasteiger partial charge in [-0.15, -0.1) is 0 Å². The summed E-state index contributed by atoms with van der Waals surface area (Å²) >= 11 is 0. The molecular formula is C13H25NO2. The van der Waals surface area contributed by atoms with E-state index < -0.39 is 0 Å². The molecule has 3 unspecified atom stereocenters. The van der Waals surface area contributed by atoms with Gasteiger partial charge in [0.1, 0.15) is 6.10 Å². The lowest BCUT2D eigenvalue weighted by Crippen LogP contribution is -2.32. The number of nitrogens with two attached hydrogens (primary N) is 1. The Hall–Kier alpha value is -0.570. The second-order valence-electron chi connectivity index (χ2n) is 5.50. The second kappa shape index (κ2) is 6.24. The summed E-state index contributed by atoms with van der Waals surface area (Å²) in [5.74, 6) is 0.892. The van der Waals surface area contributed by atoms with Gasteiger partial charge in [0.15, 0.2) is 0 Å². The molecule has 1 fully saturated rings. The highest BCUT2D eigenvalue weighted by Gasteiger charge is 2.23. The van der Waals surface area contributed by atoms with Crippen LogP contribution in [0.3, 0.4) is 0 Å². The maximum atomic E-state index is 11.6. The minimum Gasteiger partial charge on any atom is -0.462 e. The fourth-order valence-corrected chi connectivity index (χ4v) is 2.15. The molecule has 0 aromatic rings. The van der Waals surface area contributed by atoms with Crippen molar-refractivity contribution in [3.63, 3.8) is 0 Å². The summed E-state index contributed by atoms with van der Waals surface area (Å²) < 4.78 is 5.46. The summed E-state index contributed by atoms with van der Waals surface area (Å²) in [6, 6.07) is -0.0754. The second-order valence-corrected chi connectivity index (χ2v) is 5.50. The van der Waals surface area contributed by atoms with Crippen LogP contribution in [-0.4, -0.2) is 18.1 Å². The first kappa shape index (κ1) is 13.5. The molecule has 0 bridgehead atoms. The first-order valence-electron chi connectivity index (χ1n) is 6.44. The first-order chi connectivity index (χ1) is 7.49. The lowest BCUT2D eigenvalue weighted by Gasteiger charge is -2.27. The molecule has 1 aliphatic rings. The molecule has 0 aromatic carbocycles. The van der Waals surface area contributed by atoms with Crippen molar-refractivity contribution in [2.45, 2.75) is 65.0 Å². The minimum absolute atomic E-state index is 0.0754. The van der Waals surface area contributed by atoms with E-state index in [1.54, 1.807) is 0 Å². The van der Waals surface area contributed by atoms with Crippen molar-refractivity contribution in [2.75, 3.05) is 0 Å². The van der Waals surface area contributed by atoms with Crippen LogP contribution in [0.4, 0.5) is 0 Å². The van der Waals surface area contributed by atoms with E-state index in [1.807, 2.05) is 13.8 Å². The Bertz CT molecular complexity index is 228. The van der Waals surface area contributed by atoms with Crippen LogP contribution < -0.4 is 5.73 Å². The smallest absolute Gasteiger partial charge is 0.307 e. The Morgan fingerprint density at radius 2 is 2.12 bits per heavy atom. The van der Waals surface area contributed by atoms with Crippen LogP contribution in [0.5, 0.6) is 0 Å². The average Bonchev–Trinajstić information content (AvgIpc) is 2.16. The van der Waals surface area contributed by atoms with Gasteiger partial charge in [-0.2, -0.15) is 0 Å². The van der Waals surface area contributed by atoms with Gasteiger partial charge in [-0.3, -0.25) is 4.79 Å². The predicted octanol–water partition coefficient (Wildman–Crippen LogP) is 2.48. The van der Waals surface area contributed by atoms with Gasteiger partial charge in [0, 0.05) is 6.04 Å². The standard InChI is InChI=1S/C13H25NO2/c1-9(2)12(14)8-13(15)16-11-6-4-5-10(3)7-11/h9-12H,4-8,14H2,1-3H3. The fourth-order valence-electron chi connectivity index (χ4n) is 2.15. The van der Waals surface area contributed by atoms with Crippen molar-refractivity contribution in [3.05, 3.63) is 0 Å². The number of carbonyl (C=O) groups excluding carboxylic acids is 1. The third-order valence-electron chi connectivity index (χ3n) is 3.45. The molecule has 0 spiro atoms. The number of esters is 1. The molecule has 0 aromatic heterocycles. The van der Waals surface area contributed by atoms with Crippen molar-refractivity contribution in [3.8, 4) is 0 Å². The highest BCUT2D eigenvalue weighted by molar-refractivity contribution is 5.70. The first-order valence-corrected chi connectivity index (χ1v) is 6.44. The van der Waals surface area contributed by atoms with Gasteiger partial charge >= 0.3 is 5.97 Å². The number of carbonyl (C=O) groups is 1. The molecule has 94 valence electrons. The van der Waals surface area contributed by atoms with Crippen LogP contribution >= 0.6 is 0 Å². The van der Waals surface area contributed by atoms with Crippen molar-refractivity contribution in [2.24, 2.45) is 17.6 Å². The van der Waals surface area contributed by atoms with Crippen molar-refractivity contribution < 1.29 is 9.53 Å². The van der Waals surface area contributed by atoms with Crippen LogP contribution in [-0.2, 0) is 9.53 Å². The largest absolute Gasteiger partial charge is 0.462 e. The Labute approximate surface area is 98.7 Å². The SMILES string of the molecule is CC1CCCC(OC(=O)CC(N)C(C)C)C1. The highest BCUT2D eigenvalue weighted by atomic mass is 16.5. The lowest BCUT2D eigenvalue weighted by atomic mass is 9.88. The Kier molecular flexibility index (Phi) is 5.26. The quantitative estimate of drug-likeness (QED) is 0.751. The summed E-state index contributed by atoms with van der Waals surface area (Å²) in [7, 11) is 0. The molecule has 0 heterocycles. The van der Waals surface area contributed by atoms with E-state index in [2.05, 4.69) is 6.92 Å². The molecule has 1 saturated carbocycles. The Morgan fingerprint density at radius 3 is 2.69 bits per heavy atom. The topological polar surface area (TPSA) is 52.3 Å². The Balaban J connectivity index is 2.28. The minimum atomic E-state index is -0.125. The van der Waals surface area contributed by atoms with Crippen LogP contribution in [0.2, 0.25) is 0 Å². The number of rotatable bonds is 4. The maximum absolute atomic E-state index is 11.6. The summed E-state index contributed by atoms with van der Waals surface area (Å²) in [6.45, 7) is 6.28. The fraction of sp³-hybridized carbons (Fsp3) is 0.923. The van der Waals surface area contributed by atoms with E-state index >= 15 is 0 Å². The molecule has 0 amide bonds. The zero-order valence-corrected chi connectivity index (χ0v) is 10.7. The normalized spacial score (nSPS) is 27.8. The number of hydrogen-bond donors (Lipinski definition) is 1. The molecule has 1 rings (SSSR count). The van der Waals surface area contributed by atoms with Crippen molar-refractivity contribution in [1.82, 2.24) is 0 Å². The molecule has 3 nitrogen and oxygen atoms in total. The molecule has 0 radical (unpaired) electrons. The zero-order valence-electron chi connectivity index (χ0n) is 10.7. The molecular weight excluding hydrogens is 202 g/mol. The van der Waals surface area contributed by atoms with E-state index in [-0.39, 0.29) is 18.1 Å². The van der Waals surface area contributed by atoms with Gasteiger partial charge in [-0.05, 0) is 31.1 Å². The molecule has 3 atom stereocenters. The zero-order chi connectivity index (χ0) is 12.1. The monoisotopic (exact) mass is 227 g/mol. The van der Waals surface area contributed by atoms with Gasteiger partial charge in [0.25, 0.3) is 0 Å². The maximum Gasteiger partial charge on any atom is 0.307 e. The van der Waals surface area contributed by atoms with E-state index in [9.17, 15) is 4.79 Å². The number of ether oxygens (including phenoxy) is 1. The van der Waals surface area contributed by atoms with Crippen molar-refractivity contribution in [1.29, 1.82) is 0 Å². The van der Waals surface area contributed by atoms with Crippen LogP contribution in [0, 0.1) is 11.8 Å². The molecule has 3 heteroatoms. The third kappa shape index (κ3) is 4.52. The molecule has 16 heavy (non-hydrogen) atoms. The van der Waals surface area contributed by atoms with E-state index in [0.717, 1.165) is 12.8 Å². The van der Waals surface area contributed by atoms with Gasteiger partial charge in [-0.25, -0.2) is 0 Å². The number of hydrogen-bond acceptors (Lipinski definition) is 3. The lowest BCUT2D eigenvalue weighted by molar-refractivity contribution is -0.151. The summed E-state index contributed by atoms with van der Waals surface area (Å²) in [5, 5.41) is 0. The van der Waals surface area contributed by atoms with Gasteiger partial charge < -0.3 is 10.5 Å². The van der Waals surface area contributed by atoms with Crippen LogP contribution in [0.1, 0.15) is 52.9 Å². The van der Waals surface area contributed by atoms with E-state index in [4.69, 9.17) is 10.5 Å². The molecule has 1 aliphatic carbocycles. The van der Waals surface area contributed by atoms with Gasteiger partial charge in [0.05, 0.1) is 6.42 Å². The third-order valence-corrected chi connectivity index (χ3v) is 3.45. The average molecular weight is 227 g/mol. The summed E-state index contributed by atoms with van der Waals surface area (Å²) in [6.07, 6.45) is 4.96. The Morgan fingerprint density at radius 1 is 1.44 bits per heavy atom. The van der Waals surface area contributed by atoms with E-state index in [0.29, 0.717) is 18.3 Å². The van der Waals surface area contributed by atoms with E-state index in [1.165, 1.54) is 12.8 Å². The van der Waals surface area contributed by atoms with Crippen molar-refractivity contribution >= 4 is 5.97 Å². The van der Waals surface area contributed by atoms with Crippen LogP contribution in [0.15, 0.2) is 0 Å². The summed E-state index contributed by atoms with van der Waals surface area (Å²) in [4.78, 5) is 11.6. The highest BCUT2D eigenvalue weighted by Crippen LogP contribution is 2.26. The molecule has 0 aliphatic heterocycles. The summed E-state index contributed by atoms with van der Waals surface area (Å²) in [5.41, 5.74) is 5.85. The van der Waals surface area contributed by atoms with Gasteiger partial charge in [0.2, 0.25) is 0 Å². The van der Waals surface area contributed by atoms with Gasteiger partial charge in [-0.1, -0.05) is 27.2 Å². The predicted molar refractivity (Wildman–Crippen MR) is 64.9 cm³/mol. The molecule has 2 N–H and O–H groups in total.